The van der Waals surface area contributed by atoms with Gasteiger partial charge in [-0.1, -0.05) is 97.3 Å². The van der Waals surface area contributed by atoms with E-state index >= 15 is 0 Å². The van der Waals surface area contributed by atoms with E-state index in [1.165, 1.54) is 25.7 Å². The van der Waals surface area contributed by atoms with Crippen molar-refractivity contribution in [3.63, 3.8) is 0 Å². The maximum Gasteiger partial charge on any atom is 0.326 e. The maximum atomic E-state index is 12.8. The van der Waals surface area contributed by atoms with Crippen LogP contribution in [0.1, 0.15) is 206 Å². The number of amides is 3. The van der Waals surface area contributed by atoms with Crippen LogP contribution in [0.2, 0.25) is 0 Å². The lowest BCUT2D eigenvalue weighted by atomic mass is 9.93. The van der Waals surface area contributed by atoms with Gasteiger partial charge in [0.2, 0.25) is 17.7 Å². The van der Waals surface area contributed by atoms with E-state index in [4.69, 9.17) is 24.1 Å². The van der Waals surface area contributed by atoms with Crippen LogP contribution in [0.15, 0.2) is 0 Å². The second kappa shape index (κ2) is 51.0. The third-order valence-corrected chi connectivity index (χ3v) is 13.5. The Hall–Kier alpha value is -4.94. The number of ether oxygens (including phenoxy) is 4. The zero-order valence-electron chi connectivity index (χ0n) is 48.1. The van der Waals surface area contributed by atoms with Crippen LogP contribution in [0.3, 0.4) is 0 Å². The van der Waals surface area contributed by atoms with Gasteiger partial charge in [0, 0.05) is 70.6 Å². The average molecular weight is 1150 g/mol. The van der Waals surface area contributed by atoms with Crippen LogP contribution in [-0.4, -0.2) is 169 Å². The van der Waals surface area contributed by atoms with Gasteiger partial charge in [-0.2, -0.15) is 0 Å². The summed E-state index contributed by atoms with van der Waals surface area (Å²) < 4.78 is 21.4. The maximum absolute atomic E-state index is 12.8. The highest BCUT2D eigenvalue weighted by molar-refractivity contribution is 5.87. The van der Waals surface area contributed by atoms with Crippen molar-refractivity contribution in [1.29, 1.82) is 0 Å². The van der Waals surface area contributed by atoms with Crippen molar-refractivity contribution in [2.75, 3.05) is 65.9 Å². The standard InChI is InChI=1S/C57H100N4O19/c1-3-43(49(64)4-2)22-19-20-32-58-52(67)41-80-39-37-78-35-33-59-53(68)42-79-38-36-77-34-21-23-45(62)27-29-47(56(73)74)61-51(66)31-26-44(55(71)72)40-46(63)28-30-48(57(75)76)60-50(65)24-17-15-13-11-9-7-5-6-8-10-12-14-16-18-25-54(69)70/h43-44,47-48,50,60,65H,3-42H2,1-2H3,(H,58,67)(H,59,68)(H,61,66)(H,69,70)(H,71,72)(H,73,74)(H,75,76)/t43-,44+,47-,48-,50?/m0/s1. The number of carbonyl (C=O) groups is 10. The number of Topliss-reactive ketones (excluding diaryl/α,β-unsaturated/α-hetero) is 3. The Morgan fingerprint density at radius 3 is 1.45 bits per heavy atom. The summed E-state index contributed by atoms with van der Waals surface area (Å²) in [5, 5.41) is 58.6. The summed E-state index contributed by atoms with van der Waals surface area (Å²) in [6.45, 7) is 5.53. The average Bonchev–Trinajstić information content (AvgIpc) is 3.41. The third kappa shape index (κ3) is 45.8. The van der Waals surface area contributed by atoms with E-state index < -0.39 is 72.6 Å². The molecule has 0 heterocycles. The summed E-state index contributed by atoms with van der Waals surface area (Å²) in [6, 6.07) is -2.66. The molecule has 0 bridgehead atoms. The van der Waals surface area contributed by atoms with E-state index in [0.29, 0.717) is 32.2 Å². The lowest BCUT2D eigenvalue weighted by Crippen LogP contribution is -2.43. The molecular formula is C57H100N4O19. The van der Waals surface area contributed by atoms with Gasteiger partial charge >= 0.3 is 23.9 Å². The van der Waals surface area contributed by atoms with Crippen LogP contribution in [0, 0.1) is 11.8 Å². The van der Waals surface area contributed by atoms with Gasteiger partial charge in [0.05, 0.1) is 39.0 Å². The largest absolute Gasteiger partial charge is 0.481 e. The topological polar surface area (TPSA) is 357 Å². The van der Waals surface area contributed by atoms with E-state index in [-0.39, 0.29) is 134 Å². The van der Waals surface area contributed by atoms with Crippen LogP contribution >= 0.6 is 0 Å². The van der Waals surface area contributed by atoms with E-state index in [9.17, 15) is 68.4 Å². The van der Waals surface area contributed by atoms with Crippen LogP contribution in [0.4, 0.5) is 0 Å². The Kier molecular flexibility index (Phi) is 47.8. The van der Waals surface area contributed by atoms with Gasteiger partial charge in [-0.05, 0) is 64.2 Å². The lowest BCUT2D eigenvalue weighted by molar-refractivity contribution is -0.145. The molecule has 0 saturated carbocycles. The highest BCUT2D eigenvalue weighted by Crippen LogP contribution is 2.18. The van der Waals surface area contributed by atoms with E-state index in [1.807, 2.05) is 13.8 Å². The first kappa shape index (κ1) is 75.1. The molecule has 9 N–H and O–H groups in total. The first-order chi connectivity index (χ1) is 38.4. The van der Waals surface area contributed by atoms with Gasteiger partial charge in [-0.15, -0.1) is 0 Å². The molecule has 0 aromatic heterocycles. The fourth-order valence-electron chi connectivity index (χ4n) is 8.71. The number of aliphatic hydroxyl groups excluding tert-OH is 1. The summed E-state index contributed by atoms with van der Waals surface area (Å²) in [5.74, 6) is -7.82. The molecule has 0 spiro atoms. The summed E-state index contributed by atoms with van der Waals surface area (Å²) in [4.78, 5) is 120. The molecule has 0 aliphatic heterocycles. The fraction of sp³-hybridized carbons (Fsp3) is 0.825. The number of carboxylic acid groups (broad SMARTS) is 4. The minimum absolute atomic E-state index is 0.0846. The van der Waals surface area contributed by atoms with Crippen molar-refractivity contribution in [3.05, 3.63) is 0 Å². The number of rotatable bonds is 59. The number of ketones is 3. The van der Waals surface area contributed by atoms with Gasteiger partial charge in [0.1, 0.15) is 48.9 Å². The molecule has 0 saturated heterocycles. The smallest absolute Gasteiger partial charge is 0.326 e. The first-order valence-electron chi connectivity index (χ1n) is 29.4. The zero-order chi connectivity index (χ0) is 59.6. The number of aliphatic hydroxyl groups is 1. The molecule has 5 atom stereocenters. The molecule has 1 unspecified atom stereocenters. The summed E-state index contributed by atoms with van der Waals surface area (Å²) in [7, 11) is 0. The second-order valence-corrected chi connectivity index (χ2v) is 20.4. The third-order valence-electron chi connectivity index (χ3n) is 13.5. The number of hydrogen-bond donors (Lipinski definition) is 9. The van der Waals surface area contributed by atoms with Gasteiger partial charge in [0.25, 0.3) is 0 Å². The first-order valence-corrected chi connectivity index (χ1v) is 29.4. The number of carbonyl (C=O) groups excluding carboxylic acids is 6. The second-order valence-electron chi connectivity index (χ2n) is 20.4. The molecule has 0 radical (unpaired) electrons. The minimum Gasteiger partial charge on any atom is -0.481 e. The highest BCUT2D eigenvalue weighted by Gasteiger charge is 2.27. The number of hydrogen-bond acceptors (Lipinski definition) is 16. The minimum atomic E-state index is -1.42. The SMILES string of the molecule is CCC(=O)[C@@H](CC)CCCCNC(=O)COCCOCCNC(=O)COCCOCCCC(=O)CC[C@H](NC(=O)CC[C@H](CC(=O)CC[C@H](NC(O)CCCCCCCCCCCCCCCCC(=O)O)C(=O)O)C(=O)O)C(=O)O. The number of carboxylic acids is 4. The lowest BCUT2D eigenvalue weighted by Gasteiger charge is -2.19. The van der Waals surface area contributed by atoms with Crippen LogP contribution < -0.4 is 21.3 Å². The normalized spacial score (nSPS) is 13.1. The number of unbranched alkanes of at least 4 members (excludes halogenated alkanes) is 14. The molecule has 0 aromatic carbocycles. The molecule has 0 aromatic rings. The molecule has 462 valence electrons. The van der Waals surface area contributed by atoms with Crippen LogP contribution in [0.25, 0.3) is 0 Å². The predicted octanol–water partition coefficient (Wildman–Crippen LogP) is 6.07. The molecule has 23 heteroatoms. The molecule has 3 amide bonds. The predicted molar refractivity (Wildman–Crippen MR) is 297 cm³/mol. The molecule has 0 aliphatic carbocycles. The van der Waals surface area contributed by atoms with Crippen molar-refractivity contribution >= 4 is 58.9 Å². The van der Waals surface area contributed by atoms with Crippen molar-refractivity contribution in [2.45, 2.75) is 225 Å². The zero-order valence-corrected chi connectivity index (χ0v) is 48.1. The summed E-state index contributed by atoms with van der Waals surface area (Å²) in [5.41, 5.74) is 0. The van der Waals surface area contributed by atoms with Crippen molar-refractivity contribution in [1.82, 2.24) is 21.3 Å². The van der Waals surface area contributed by atoms with Gasteiger partial charge in [-0.3, -0.25) is 48.5 Å². The fourth-order valence-corrected chi connectivity index (χ4v) is 8.71. The van der Waals surface area contributed by atoms with E-state index in [0.717, 1.165) is 83.5 Å². The molecule has 0 rings (SSSR count). The Balaban J connectivity index is 4.14. The Morgan fingerprint density at radius 1 is 0.412 bits per heavy atom. The van der Waals surface area contributed by atoms with Crippen LogP contribution in [0.5, 0.6) is 0 Å². The van der Waals surface area contributed by atoms with Gasteiger partial charge in [0.15, 0.2) is 0 Å². The molecule has 0 aliphatic rings. The molecular weight excluding hydrogens is 1040 g/mol. The molecule has 23 nitrogen and oxygen atoms in total. The van der Waals surface area contributed by atoms with Gasteiger partial charge in [-0.25, -0.2) is 4.79 Å². The molecule has 0 fully saturated rings. The van der Waals surface area contributed by atoms with E-state index in [1.54, 1.807) is 0 Å². The Bertz CT molecular complexity index is 1750. The Morgan fingerprint density at radius 2 is 0.912 bits per heavy atom. The quantitative estimate of drug-likeness (QED) is 0.0246. The van der Waals surface area contributed by atoms with Crippen molar-refractivity contribution in [3.8, 4) is 0 Å². The monoisotopic (exact) mass is 1140 g/mol. The van der Waals surface area contributed by atoms with Crippen LogP contribution in [-0.2, 0) is 66.9 Å². The van der Waals surface area contributed by atoms with Gasteiger partial charge < -0.3 is 60.4 Å². The molecule has 80 heavy (non-hydrogen) atoms. The summed E-state index contributed by atoms with van der Waals surface area (Å²) >= 11 is 0. The number of aliphatic carboxylic acids is 4. The van der Waals surface area contributed by atoms with Crippen molar-refractivity contribution < 1.29 is 92.4 Å². The van der Waals surface area contributed by atoms with Crippen molar-refractivity contribution in [2.24, 2.45) is 11.8 Å². The highest BCUT2D eigenvalue weighted by atomic mass is 16.5. The summed E-state index contributed by atoms with van der Waals surface area (Å²) in [6.07, 6.45) is 16.4. The Labute approximate surface area is 473 Å². The van der Waals surface area contributed by atoms with E-state index in [2.05, 4.69) is 21.3 Å². The number of nitrogens with one attached hydrogen (secondary N) is 4.